The van der Waals surface area contributed by atoms with Gasteiger partial charge in [-0.2, -0.15) is 5.10 Å². The predicted molar refractivity (Wildman–Crippen MR) is 99.6 cm³/mol. The summed E-state index contributed by atoms with van der Waals surface area (Å²) in [7, 11) is 3.38. The lowest BCUT2D eigenvalue weighted by Gasteiger charge is -2.14. The summed E-state index contributed by atoms with van der Waals surface area (Å²) in [5.41, 5.74) is 3.33. The maximum Gasteiger partial charge on any atom is 0.273 e. The summed E-state index contributed by atoms with van der Waals surface area (Å²) in [5, 5.41) is 17.9. The molecule has 3 aromatic rings. The largest absolute Gasteiger partial charge is 0.354 e. The highest BCUT2D eigenvalue weighted by Gasteiger charge is 2.17. The van der Waals surface area contributed by atoms with E-state index in [1.807, 2.05) is 39.1 Å². The molecular weight excluding hydrogens is 354 g/mol. The zero-order valence-corrected chi connectivity index (χ0v) is 15.6. The minimum atomic E-state index is -0.352. The van der Waals surface area contributed by atoms with Crippen LogP contribution in [0.15, 0.2) is 24.3 Å². The molecule has 1 amide bonds. The summed E-state index contributed by atoms with van der Waals surface area (Å²) >= 11 is 5.95. The fraction of sp³-hybridized carbons (Fsp3) is 0.235. The van der Waals surface area contributed by atoms with Crippen molar-refractivity contribution in [3.63, 3.8) is 0 Å². The van der Waals surface area contributed by atoms with Crippen LogP contribution in [-0.4, -0.2) is 37.9 Å². The first-order chi connectivity index (χ1) is 12.4. The van der Waals surface area contributed by atoms with Crippen molar-refractivity contribution < 1.29 is 4.79 Å². The highest BCUT2D eigenvalue weighted by molar-refractivity contribution is 6.29. The zero-order chi connectivity index (χ0) is 18.8. The lowest BCUT2D eigenvalue weighted by Crippen LogP contribution is -2.21. The fourth-order valence-corrected chi connectivity index (χ4v) is 2.80. The Bertz CT molecular complexity index is 983. The van der Waals surface area contributed by atoms with Crippen molar-refractivity contribution in [2.75, 3.05) is 12.4 Å². The Balaban J connectivity index is 2.05. The molecule has 26 heavy (non-hydrogen) atoms. The third-order valence-corrected chi connectivity index (χ3v) is 4.10. The van der Waals surface area contributed by atoms with E-state index in [4.69, 9.17) is 11.6 Å². The van der Waals surface area contributed by atoms with Gasteiger partial charge in [0, 0.05) is 31.4 Å². The molecule has 0 spiro atoms. The van der Waals surface area contributed by atoms with Crippen LogP contribution in [0.1, 0.15) is 21.9 Å². The van der Waals surface area contributed by atoms with Gasteiger partial charge in [0.25, 0.3) is 5.91 Å². The number of hydrogen-bond acceptors (Lipinski definition) is 6. The summed E-state index contributed by atoms with van der Waals surface area (Å²) in [4.78, 5) is 16.5. The number of aryl methyl sites for hydroxylation is 2. The molecule has 0 saturated heterocycles. The second-order valence-electron chi connectivity index (χ2n) is 5.72. The van der Waals surface area contributed by atoms with Crippen molar-refractivity contribution in [3.8, 4) is 11.4 Å². The second-order valence-corrected chi connectivity index (χ2v) is 6.11. The molecule has 2 heterocycles. The van der Waals surface area contributed by atoms with Crippen molar-refractivity contribution >= 4 is 28.9 Å². The Kier molecular flexibility index (Phi) is 4.85. The van der Waals surface area contributed by atoms with Crippen LogP contribution in [0.4, 0.5) is 11.4 Å². The van der Waals surface area contributed by atoms with E-state index in [-0.39, 0.29) is 16.8 Å². The molecule has 0 aliphatic heterocycles. The van der Waals surface area contributed by atoms with Gasteiger partial charge in [0.1, 0.15) is 5.82 Å². The molecule has 134 valence electrons. The summed E-state index contributed by atoms with van der Waals surface area (Å²) in [6.45, 7) is 3.82. The highest BCUT2D eigenvalue weighted by atomic mass is 35.5. The number of rotatable bonds is 4. The Morgan fingerprint density at radius 2 is 1.96 bits per heavy atom. The number of carbonyl (C=O) groups is 1. The molecule has 3 rings (SSSR count). The number of anilines is 2. The number of nitrogens with one attached hydrogen (secondary N) is 2. The van der Waals surface area contributed by atoms with Crippen molar-refractivity contribution in [2.24, 2.45) is 7.05 Å². The first-order valence-electron chi connectivity index (χ1n) is 7.90. The summed E-state index contributed by atoms with van der Waals surface area (Å²) in [6.07, 6.45) is 0. The summed E-state index contributed by atoms with van der Waals surface area (Å²) < 4.78 is 1.74. The van der Waals surface area contributed by atoms with Crippen LogP contribution in [0.2, 0.25) is 5.15 Å². The quantitative estimate of drug-likeness (QED) is 0.731. The number of carbonyl (C=O) groups excluding carboxylic acids is 1. The molecule has 8 nitrogen and oxygen atoms in total. The number of amides is 1. The van der Waals surface area contributed by atoms with Gasteiger partial charge < -0.3 is 10.6 Å². The van der Waals surface area contributed by atoms with E-state index in [1.54, 1.807) is 10.7 Å². The number of benzene rings is 1. The number of nitrogens with zero attached hydrogens (tertiary/aromatic N) is 5. The van der Waals surface area contributed by atoms with Crippen LogP contribution in [0.3, 0.4) is 0 Å². The average molecular weight is 372 g/mol. The van der Waals surface area contributed by atoms with E-state index in [0.29, 0.717) is 11.5 Å². The lowest BCUT2D eigenvalue weighted by molar-refractivity contribution is 0.0958. The molecule has 0 fully saturated rings. The first kappa shape index (κ1) is 17.8. The van der Waals surface area contributed by atoms with Crippen LogP contribution in [-0.2, 0) is 7.05 Å². The molecule has 1 aromatic carbocycles. The molecule has 2 aromatic heterocycles. The van der Waals surface area contributed by atoms with Gasteiger partial charge in [-0.05, 0) is 25.5 Å². The molecule has 0 unspecified atom stereocenters. The molecule has 2 N–H and O–H groups in total. The molecule has 0 atom stereocenters. The molecule has 0 bridgehead atoms. The monoisotopic (exact) mass is 371 g/mol. The van der Waals surface area contributed by atoms with Gasteiger partial charge in [0.2, 0.25) is 0 Å². The summed E-state index contributed by atoms with van der Waals surface area (Å²) in [5.74, 6) is 1.11. The second kappa shape index (κ2) is 7.09. The zero-order valence-electron chi connectivity index (χ0n) is 14.8. The number of aromatic nitrogens is 5. The first-order valence-corrected chi connectivity index (χ1v) is 8.28. The highest BCUT2D eigenvalue weighted by Crippen LogP contribution is 2.30. The van der Waals surface area contributed by atoms with E-state index in [9.17, 15) is 4.79 Å². The molecule has 0 radical (unpaired) electrons. The van der Waals surface area contributed by atoms with E-state index in [0.717, 1.165) is 22.6 Å². The van der Waals surface area contributed by atoms with Gasteiger partial charge in [-0.15, -0.1) is 10.2 Å². The van der Waals surface area contributed by atoms with E-state index < -0.39 is 0 Å². The maximum atomic E-state index is 12.0. The SMILES string of the molecule is CNC(=O)c1nnc(Cl)cc1Nc1cccc(-c2nc(C)nn2C)c1C. The number of hydrogen-bond donors (Lipinski definition) is 2. The Morgan fingerprint density at radius 1 is 1.19 bits per heavy atom. The summed E-state index contributed by atoms with van der Waals surface area (Å²) in [6, 6.07) is 7.35. The van der Waals surface area contributed by atoms with Gasteiger partial charge in [0.15, 0.2) is 16.7 Å². The third kappa shape index (κ3) is 3.36. The molecule has 0 aliphatic carbocycles. The number of halogens is 1. The van der Waals surface area contributed by atoms with Gasteiger partial charge >= 0.3 is 0 Å². The Labute approximate surface area is 155 Å². The van der Waals surface area contributed by atoms with Crippen LogP contribution < -0.4 is 10.6 Å². The average Bonchev–Trinajstić information content (AvgIpc) is 2.94. The van der Waals surface area contributed by atoms with E-state index in [2.05, 4.69) is 30.9 Å². The van der Waals surface area contributed by atoms with Gasteiger partial charge in [-0.25, -0.2) is 9.67 Å². The van der Waals surface area contributed by atoms with Gasteiger partial charge in [-0.1, -0.05) is 23.7 Å². The van der Waals surface area contributed by atoms with Crippen molar-refractivity contribution in [2.45, 2.75) is 13.8 Å². The van der Waals surface area contributed by atoms with Crippen LogP contribution in [0.5, 0.6) is 0 Å². The molecular formula is C17H18ClN7O. The van der Waals surface area contributed by atoms with E-state index >= 15 is 0 Å². The molecule has 0 aliphatic rings. The van der Waals surface area contributed by atoms with E-state index in [1.165, 1.54) is 7.05 Å². The third-order valence-electron chi connectivity index (χ3n) is 3.92. The van der Waals surface area contributed by atoms with Crippen LogP contribution >= 0.6 is 11.6 Å². The molecule has 0 saturated carbocycles. The normalized spacial score (nSPS) is 10.7. The van der Waals surface area contributed by atoms with Crippen molar-refractivity contribution in [1.82, 2.24) is 30.3 Å². The van der Waals surface area contributed by atoms with Crippen molar-refractivity contribution in [3.05, 3.63) is 46.5 Å². The fourth-order valence-electron chi connectivity index (χ4n) is 2.65. The predicted octanol–water partition coefficient (Wildman–Crippen LogP) is 2.65. The van der Waals surface area contributed by atoms with Gasteiger partial charge in [-0.3, -0.25) is 4.79 Å². The standard InChI is InChI=1S/C17H18ClN7O/c1-9-11(16-20-10(2)24-25(16)4)6-5-7-12(9)21-13-8-14(18)22-23-15(13)17(26)19-3/h5-8H,1-4H3,(H,19,26)(H,21,22). The van der Waals surface area contributed by atoms with Gasteiger partial charge in [0.05, 0.1) is 5.69 Å². The molecule has 9 heteroatoms. The van der Waals surface area contributed by atoms with Crippen LogP contribution in [0, 0.1) is 13.8 Å². The Hall–Kier alpha value is -3.00. The minimum Gasteiger partial charge on any atom is -0.354 e. The maximum absolute atomic E-state index is 12.0. The smallest absolute Gasteiger partial charge is 0.273 e. The topological polar surface area (TPSA) is 97.6 Å². The Morgan fingerprint density at radius 3 is 2.62 bits per heavy atom. The van der Waals surface area contributed by atoms with Crippen LogP contribution in [0.25, 0.3) is 11.4 Å². The van der Waals surface area contributed by atoms with Crippen molar-refractivity contribution in [1.29, 1.82) is 0 Å². The lowest BCUT2D eigenvalue weighted by atomic mass is 10.1. The minimum absolute atomic E-state index is 0.163.